The lowest BCUT2D eigenvalue weighted by Crippen LogP contribution is -2.29. The van der Waals surface area contributed by atoms with E-state index < -0.39 is 0 Å². The van der Waals surface area contributed by atoms with Crippen LogP contribution >= 0.6 is 11.5 Å². The van der Waals surface area contributed by atoms with Crippen LogP contribution in [0.2, 0.25) is 0 Å². The molecule has 0 aromatic carbocycles. The lowest BCUT2D eigenvalue weighted by atomic mass is 10.1. The highest BCUT2D eigenvalue weighted by Crippen LogP contribution is 2.24. The van der Waals surface area contributed by atoms with Gasteiger partial charge in [0.2, 0.25) is 0 Å². The van der Waals surface area contributed by atoms with E-state index in [9.17, 15) is 0 Å². The lowest BCUT2D eigenvalue weighted by Gasteiger charge is -2.25. The van der Waals surface area contributed by atoms with Crippen LogP contribution in [-0.2, 0) is 6.54 Å². The Labute approximate surface area is 139 Å². The van der Waals surface area contributed by atoms with Crippen LogP contribution in [0.3, 0.4) is 0 Å². The number of hydrogen-bond donors (Lipinski definition) is 1. The fraction of sp³-hybridized carbons (Fsp3) is 0.438. The summed E-state index contributed by atoms with van der Waals surface area (Å²) >= 11 is 1.49. The molecule has 0 radical (unpaired) electrons. The second-order valence-corrected chi connectivity index (χ2v) is 6.84. The molecule has 7 heteroatoms. The van der Waals surface area contributed by atoms with Crippen LogP contribution in [0, 0.1) is 6.92 Å². The van der Waals surface area contributed by atoms with Gasteiger partial charge in [0.25, 0.3) is 0 Å². The molecule has 0 saturated carbocycles. The summed E-state index contributed by atoms with van der Waals surface area (Å²) in [6, 6.07) is 2.13. The monoisotopic (exact) mass is 328 g/mol. The second-order valence-electron chi connectivity index (χ2n) is 6.03. The van der Waals surface area contributed by atoms with Crippen LogP contribution in [-0.4, -0.2) is 36.7 Å². The van der Waals surface area contributed by atoms with Crippen LogP contribution in [0.5, 0.6) is 0 Å². The minimum Gasteiger partial charge on any atom is -0.328 e. The van der Waals surface area contributed by atoms with Gasteiger partial charge in [-0.05, 0) is 50.5 Å². The zero-order valence-corrected chi connectivity index (χ0v) is 14.0. The van der Waals surface area contributed by atoms with Gasteiger partial charge in [-0.15, -0.1) is 0 Å². The van der Waals surface area contributed by atoms with E-state index in [1.54, 1.807) is 6.20 Å². The van der Waals surface area contributed by atoms with E-state index in [1.165, 1.54) is 43.9 Å². The standard InChI is InChI=1S/C16H20N6S/c1-12-10-22-8-5-17-16(22)15(18-12)19-14-9-13(20-23-14)11-21-6-3-2-4-7-21/h5,8-10H,2-4,6-7,11H2,1H3,(H,18,19). The molecular weight excluding hydrogens is 308 g/mol. The van der Waals surface area contributed by atoms with Crippen molar-refractivity contribution in [3.05, 3.63) is 36.0 Å². The molecule has 0 aliphatic carbocycles. The highest BCUT2D eigenvalue weighted by Gasteiger charge is 2.13. The number of hydrogen-bond acceptors (Lipinski definition) is 6. The van der Waals surface area contributed by atoms with Crippen LogP contribution < -0.4 is 5.32 Å². The molecule has 0 unspecified atom stereocenters. The van der Waals surface area contributed by atoms with Crippen molar-refractivity contribution in [1.29, 1.82) is 0 Å². The first-order valence-electron chi connectivity index (χ1n) is 8.03. The van der Waals surface area contributed by atoms with E-state index >= 15 is 0 Å². The number of anilines is 2. The predicted octanol–water partition coefficient (Wildman–Crippen LogP) is 3.22. The van der Waals surface area contributed by atoms with Gasteiger partial charge in [0.05, 0.1) is 11.4 Å². The minimum atomic E-state index is 0.781. The predicted molar refractivity (Wildman–Crippen MR) is 92.2 cm³/mol. The van der Waals surface area contributed by atoms with Gasteiger partial charge in [-0.2, -0.15) is 4.37 Å². The molecule has 0 atom stereocenters. The van der Waals surface area contributed by atoms with Crippen LogP contribution in [0.25, 0.3) is 5.65 Å². The van der Waals surface area contributed by atoms with Crippen molar-refractivity contribution in [3.8, 4) is 0 Å². The molecule has 0 spiro atoms. The zero-order chi connectivity index (χ0) is 15.6. The smallest absolute Gasteiger partial charge is 0.180 e. The fourth-order valence-corrected chi connectivity index (χ4v) is 3.71. The van der Waals surface area contributed by atoms with E-state index in [-0.39, 0.29) is 0 Å². The molecule has 4 heterocycles. The topological polar surface area (TPSA) is 58.4 Å². The van der Waals surface area contributed by atoms with Crippen LogP contribution in [0.1, 0.15) is 30.7 Å². The molecule has 3 aromatic rings. The Morgan fingerprint density at radius 2 is 2.13 bits per heavy atom. The molecule has 3 aromatic heterocycles. The van der Waals surface area contributed by atoms with Gasteiger partial charge in [-0.1, -0.05) is 6.42 Å². The molecule has 120 valence electrons. The van der Waals surface area contributed by atoms with Gasteiger partial charge in [0.15, 0.2) is 11.5 Å². The molecule has 4 rings (SSSR count). The van der Waals surface area contributed by atoms with Gasteiger partial charge >= 0.3 is 0 Å². The Bertz CT molecular complexity index is 802. The van der Waals surface area contributed by atoms with Crippen molar-refractivity contribution in [2.75, 3.05) is 18.4 Å². The number of nitrogens with one attached hydrogen (secondary N) is 1. The molecule has 1 saturated heterocycles. The van der Waals surface area contributed by atoms with Crippen LogP contribution in [0.15, 0.2) is 24.7 Å². The number of aromatic nitrogens is 4. The molecule has 0 bridgehead atoms. The number of imidazole rings is 1. The lowest BCUT2D eigenvalue weighted by molar-refractivity contribution is 0.219. The Balaban J connectivity index is 1.51. The van der Waals surface area contributed by atoms with Crippen molar-refractivity contribution in [1.82, 2.24) is 23.6 Å². The maximum absolute atomic E-state index is 4.58. The first-order chi connectivity index (χ1) is 11.3. The third kappa shape index (κ3) is 3.20. The van der Waals surface area contributed by atoms with E-state index in [0.717, 1.165) is 34.4 Å². The van der Waals surface area contributed by atoms with Crippen molar-refractivity contribution < 1.29 is 0 Å². The Kier molecular flexibility index (Phi) is 3.97. The van der Waals surface area contributed by atoms with Gasteiger partial charge in [-0.25, -0.2) is 9.97 Å². The average molecular weight is 328 g/mol. The maximum atomic E-state index is 4.58. The summed E-state index contributed by atoms with van der Waals surface area (Å²) in [7, 11) is 0. The summed E-state index contributed by atoms with van der Waals surface area (Å²) in [5, 5.41) is 4.39. The van der Waals surface area contributed by atoms with Crippen molar-refractivity contribution in [2.24, 2.45) is 0 Å². The first-order valence-corrected chi connectivity index (χ1v) is 8.80. The number of piperidine rings is 1. The summed E-state index contributed by atoms with van der Waals surface area (Å²) in [6.45, 7) is 5.31. The summed E-state index contributed by atoms with van der Waals surface area (Å²) < 4.78 is 6.57. The second kappa shape index (κ2) is 6.25. The van der Waals surface area contributed by atoms with Crippen molar-refractivity contribution in [2.45, 2.75) is 32.7 Å². The first kappa shape index (κ1) is 14.6. The van der Waals surface area contributed by atoms with E-state index in [4.69, 9.17) is 0 Å². The van der Waals surface area contributed by atoms with Gasteiger partial charge < -0.3 is 9.72 Å². The third-order valence-electron chi connectivity index (χ3n) is 4.13. The average Bonchev–Trinajstić information content (AvgIpc) is 3.17. The Morgan fingerprint density at radius 3 is 3.00 bits per heavy atom. The quantitative estimate of drug-likeness (QED) is 0.797. The van der Waals surface area contributed by atoms with E-state index in [1.807, 2.05) is 23.7 Å². The molecule has 1 N–H and O–H groups in total. The maximum Gasteiger partial charge on any atom is 0.180 e. The molecular formula is C16H20N6S. The fourth-order valence-electron chi connectivity index (χ4n) is 3.05. The number of fused-ring (bicyclic) bond motifs is 1. The summed E-state index contributed by atoms with van der Waals surface area (Å²) in [5.74, 6) is 0.781. The summed E-state index contributed by atoms with van der Waals surface area (Å²) in [6.07, 6.45) is 9.67. The Morgan fingerprint density at radius 1 is 1.26 bits per heavy atom. The largest absolute Gasteiger partial charge is 0.328 e. The zero-order valence-electron chi connectivity index (χ0n) is 13.2. The van der Waals surface area contributed by atoms with Gasteiger partial charge in [0.1, 0.15) is 5.00 Å². The van der Waals surface area contributed by atoms with Crippen molar-refractivity contribution >= 4 is 28.0 Å². The number of likely N-dealkylation sites (tertiary alicyclic amines) is 1. The third-order valence-corrected chi connectivity index (χ3v) is 4.87. The van der Waals surface area contributed by atoms with E-state index in [0.29, 0.717) is 0 Å². The van der Waals surface area contributed by atoms with Gasteiger partial charge in [0, 0.05) is 25.1 Å². The normalized spacial score (nSPS) is 16.0. The highest BCUT2D eigenvalue weighted by atomic mass is 32.1. The van der Waals surface area contributed by atoms with E-state index in [2.05, 4.69) is 30.6 Å². The molecule has 1 fully saturated rings. The molecule has 6 nitrogen and oxygen atoms in total. The molecule has 1 aliphatic rings. The number of nitrogens with zero attached hydrogens (tertiary/aromatic N) is 5. The van der Waals surface area contributed by atoms with Gasteiger partial charge in [-0.3, -0.25) is 4.90 Å². The Hall–Kier alpha value is -1.99. The molecule has 23 heavy (non-hydrogen) atoms. The summed E-state index contributed by atoms with van der Waals surface area (Å²) in [4.78, 5) is 11.4. The minimum absolute atomic E-state index is 0.781. The highest BCUT2D eigenvalue weighted by molar-refractivity contribution is 7.10. The summed E-state index contributed by atoms with van der Waals surface area (Å²) in [5.41, 5.74) is 2.92. The number of rotatable bonds is 4. The van der Waals surface area contributed by atoms with Crippen molar-refractivity contribution in [3.63, 3.8) is 0 Å². The molecule has 1 aliphatic heterocycles. The van der Waals surface area contributed by atoms with Crippen LogP contribution in [0.4, 0.5) is 10.8 Å². The SMILES string of the molecule is Cc1cn2ccnc2c(Nc2cc(CN3CCCCC3)ns2)n1. The number of aryl methyl sites for hydroxylation is 1. The molecule has 0 amide bonds.